The van der Waals surface area contributed by atoms with E-state index in [1.165, 1.54) is 0 Å². The van der Waals surface area contributed by atoms with Gasteiger partial charge in [-0.25, -0.2) is 0 Å². The molecule has 4 heteroatoms. The second kappa shape index (κ2) is 7.55. The Morgan fingerprint density at radius 3 is 2.16 bits per heavy atom. The SMILES string of the molecule is C#CCCCC(N)c1cc(OC)c(OC)c(OC)c1. The van der Waals surface area contributed by atoms with Gasteiger partial charge >= 0.3 is 0 Å². The van der Waals surface area contributed by atoms with Crippen LogP contribution in [-0.2, 0) is 0 Å². The van der Waals surface area contributed by atoms with Crippen molar-refractivity contribution in [1.82, 2.24) is 0 Å². The van der Waals surface area contributed by atoms with Gasteiger partial charge in [0.15, 0.2) is 11.5 Å². The molecule has 1 unspecified atom stereocenters. The summed E-state index contributed by atoms with van der Waals surface area (Å²) in [6.45, 7) is 0. The molecule has 0 aliphatic rings. The van der Waals surface area contributed by atoms with Gasteiger partial charge in [0.05, 0.1) is 21.3 Å². The normalized spacial score (nSPS) is 11.5. The number of ether oxygens (including phenoxy) is 3. The van der Waals surface area contributed by atoms with Crippen molar-refractivity contribution in [3.8, 4) is 29.6 Å². The summed E-state index contributed by atoms with van der Waals surface area (Å²) in [5.74, 6) is 4.42. The van der Waals surface area contributed by atoms with Gasteiger partial charge in [-0.3, -0.25) is 0 Å². The number of hydrogen-bond donors (Lipinski definition) is 1. The smallest absolute Gasteiger partial charge is 0.203 e. The largest absolute Gasteiger partial charge is 0.493 e. The molecule has 4 nitrogen and oxygen atoms in total. The van der Waals surface area contributed by atoms with Crippen LogP contribution in [-0.4, -0.2) is 21.3 Å². The minimum absolute atomic E-state index is 0.0953. The van der Waals surface area contributed by atoms with Crippen LogP contribution in [0.1, 0.15) is 30.9 Å². The van der Waals surface area contributed by atoms with Gasteiger partial charge in [-0.05, 0) is 30.5 Å². The molecule has 1 rings (SSSR count). The third-order valence-corrected chi connectivity index (χ3v) is 2.95. The monoisotopic (exact) mass is 263 g/mol. The highest BCUT2D eigenvalue weighted by atomic mass is 16.5. The number of nitrogens with two attached hydrogens (primary N) is 1. The summed E-state index contributed by atoms with van der Waals surface area (Å²) in [5.41, 5.74) is 7.10. The molecule has 2 N–H and O–H groups in total. The number of unbranched alkanes of at least 4 members (excludes halogenated alkanes) is 1. The number of terminal acetylenes is 1. The fourth-order valence-electron chi connectivity index (χ4n) is 1.91. The second-order valence-corrected chi connectivity index (χ2v) is 4.16. The molecule has 0 amide bonds. The molecule has 0 radical (unpaired) electrons. The average molecular weight is 263 g/mol. The Labute approximate surface area is 114 Å². The summed E-state index contributed by atoms with van der Waals surface area (Å²) in [7, 11) is 4.75. The maximum atomic E-state index is 6.15. The number of rotatable bonds is 7. The Morgan fingerprint density at radius 1 is 1.16 bits per heavy atom. The molecule has 0 saturated carbocycles. The minimum Gasteiger partial charge on any atom is -0.493 e. The van der Waals surface area contributed by atoms with Gasteiger partial charge < -0.3 is 19.9 Å². The lowest BCUT2D eigenvalue weighted by Gasteiger charge is -2.17. The summed E-state index contributed by atoms with van der Waals surface area (Å²) in [6.07, 6.45) is 7.69. The van der Waals surface area contributed by atoms with Gasteiger partial charge in [0, 0.05) is 12.5 Å². The van der Waals surface area contributed by atoms with E-state index < -0.39 is 0 Å². The van der Waals surface area contributed by atoms with Crippen molar-refractivity contribution in [1.29, 1.82) is 0 Å². The molecule has 1 aromatic rings. The Hall–Kier alpha value is -1.86. The van der Waals surface area contributed by atoms with Gasteiger partial charge in [0.25, 0.3) is 0 Å². The molecule has 104 valence electrons. The van der Waals surface area contributed by atoms with Crippen LogP contribution in [0.5, 0.6) is 17.2 Å². The molecule has 0 aromatic heterocycles. The standard InChI is InChI=1S/C15H21NO3/c1-5-6-7-8-12(16)11-9-13(17-2)15(19-4)14(10-11)18-3/h1,9-10,12H,6-8,16H2,2-4H3. The highest BCUT2D eigenvalue weighted by Crippen LogP contribution is 2.39. The second-order valence-electron chi connectivity index (χ2n) is 4.16. The lowest BCUT2D eigenvalue weighted by atomic mass is 10.0. The van der Waals surface area contributed by atoms with E-state index in [0.29, 0.717) is 17.2 Å². The maximum Gasteiger partial charge on any atom is 0.203 e. The van der Waals surface area contributed by atoms with Crippen LogP contribution in [0, 0.1) is 12.3 Å². The van der Waals surface area contributed by atoms with Crippen LogP contribution in [0.4, 0.5) is 0 Å². The van der Waals surface area contributed by atoms with Crippen molar-refractivity contribution in [3.05, 3.63) is 17.7 Å². The fourth-order valence-corrected chi connectivity index (χ4v) is 1.91. The van der Waals surface area contributed by atoms with E-state index in [4.69, 9.17) is 26.4 Å². The number of methoxy groups -OCH3 is 3. The topological polar surface area (TPSA) is 53.7 Å². The predicted octanol–water partition coefficient (Wildman–Crippen LogP) is 2.52. The Kier molecular flexibility index (Phi) is 6.04. The van der Waals surface area contributed by atoms with Crippen molar-refractivity contribution < 1.29 is 14.2 Å². The third kappa shape index (κ3) is 3.80. The van der Waals surface area contributed by atoms with E-state index >= 15 is 0 Å². The first-order chi connectivity index (χ1) is 9.17. The van der Waals surface area contributed by atoms with Crippen molar-refractivity contribution in [3.63, 3.8) is 0 Å². The van der Waals surface area contributed by atoms with Gasteiger partial charge in [-0.15, -0.1) is 12.3 Å². The molecule has 1 aromatic carbocycles. The van der Waals surface area contributed by atoms with E-state index in [1.54, 1.807) is 21.3 Å². The molecule has 19 heavy (non-hydrogen) atoms. The van der Waals surface area contributed by atoms with Crippen LogP contribution in [0.25, 0.3) is 0 Å². The van der Waals surface area contributed by atoms with E-state index in [2.05, 4.69) is 5.92 Å². The number of benzene rings is 1. The molecule has 0 spiro atoms. The minimum atomic E-state index is -0.0953. The molecule has 0 heterocycles. The first-order valence-corrected chi connectivity index (χ1v) is 6.16. The van der Waals surface area contributed by atoms with E-state index in [0.717, 1.165) is 24.8 Å². The molecule has 0 fully saturated rings. The molecular formula is C15H21NO3. The van der Waals surface area contributed by atoms with Crippen molar-refractivity contribution in [2.45, 2.75) is 25.3 Å². The Bertz CT molecular complexity index is 426. The molecule has 0 aliphatic carbocycles. The van der Waals surface area contributed by atoms with Crippen molar-refractivity contribution >= 4 is 0 Å². The Morgan fingerprint density at radius 2 is 1.74 bits per heavy atom. The summed E-state index contributed by atoms with van der Waals surface area (Å²) >= 11 is 0. The zero-order chi connectivity index (χ0) is 14.3. The van der Waals surface area contributed by atoms with Crippen LogP contribution in [0.15, 0.2) is 12.1 Å². The highest BCUT2D eigenvalue weighted by Gasteiger charge is 2.16. The maximum absolute atomic E-state index is 6.15. The van der Waals surface area contributed by atoms with Crippen molar-refractivity contribution in [2.24, 2.45) is 5.73 Å². The molecule has 0 bridgehead atoms. The predicted molar refractivity (Wildman–Crippen MR) is 75.7 cm³/mol. The summed E-state index contributed by atoms with van der Waals surface area (Å²) in [6, 6.07) is 3.66. The average Bonchev–Trinajstić information content (AvgIpc) is 2.45. The summed E-state index contributed by atoms with van der Waals surface area (Å²) in [4.78, 5) is 0. The van der Waals surface area contributed by atoms with Gasteiger partial charge in [0.1, 0.15) is 0 Å². The van der Waals surface area contributed by atoms with Crippen LogP contribution in [0.2, 0.25) is 0 Å². The quantitative estimate of drug-likeness (QED) is 0.606. The van der Waals surface area contributed by atoms with Crippen LogP contribution < -0.4 is 19.9 Å². The fraction of sp³-hybridized carbons (Fsp3) is 0.467. The molecule has 1 atom stereocenters. The van der Waals surface area contributed by atoms with E-state index in [1.807, 2.05) is 12.1 Å². The van der Waals surface area contributed by atoms with Gasteiger partial charge in [-0.1, -0.05) is 0 Å². The van der Waals surface area contributed by atoms with E-state index in [-0.39, 0.29) is 6.04 Å². The van der Waals surface area contributed by atoms with Crippen LogP contribution >= 0.6 is 0 Å². The summed E-state index contributed by atoms with van der Waals surface area (Å²) < 4.78 is 15.9. The molecular weight excluding hydrogens is 242 g/mol. The lowest BCUT2D eigenvalue weighted by molar-refractivity contribution is 0.323. The first kappa shape index (κ1) is 15.2. The van der Waals surface area contributed by atoms with Gasteiger partial charge in [0.2, 0.25) is 5.75 Å². The van der Waals surface area contributed by atoms with Gasteiger partial charge in [-0.2, -0.15) is 0 Å². The first-order valence-electron chi connectivity index (χ1n) is 6.16. The zero-order valence-electron chi connectivity index (χ0n) is 11.7. The Balaban J connectivity index is 2.99. The van der Waals surface area contributed by atoms with Crippen molar-refractivity contribution in [2.75, 3.05) is 21.3 Å². The van der Waals surface area contributed by atoms with E-state index in [9.17, 15) is 0 Å². The molecule has 0 saturated heterocycles. The third-order valence-electron chi connectivity index (χ3n) is 2.95. The van der Waals surface area contributed by atoms with Crippen LogP contribution in [0.3, 0.4) is 0 Å². The highest BCUT2D eigenvalue weighted by molar-refractivity contribution is 5.54. The zero-order valence-corrected chi connectivity index (χ0v) is 11.7. The lowest BCUT2D eigenvalue weighted by Crippen LogP contribution is -2.11. The number of hydrogen-bond acceptors (Lipinski definition) is 4. The molecule has 0 aliphatic heterocycles. The summed E-state index contributed by atoms with van der Waals surface area (Å²) in [5, 5.41) is 0.